The fraction of sp³-hybridized carbons (Fsp3) is 0.625. The maximum absolute atomic E-state index is 5.94. The topological polar surface area (TPSA) is 32.5 Å². The Morgan fingerprint density at radius 2 is 1.95 bits per heavy atom. The summed E-state index contributed by atoms with van der Waals surface area (Å²) in [6.07, 6.45) is 2.29. The second-order valence-corrected chi connectivity index (χ2v) is 5.89. The van der Waals surface area contributed by atoms with E-state index in [1.165, 1.54) is 16.8 Å². The molecule has 1 fully saturated rings. The van der Waals surface area contributed by atoms with E-state index >= 15 is 0 Å². The Bertz CT molecular complexity index is 408. The normalized spacial score (nSPS) is 17.7. The zero-order chi connectivity index (χ0) is 13.8. The summed E-state index contributed by atoms with van der Waals surface area (Å²) in [5.41, 5.74) is 9.98. The highest BCUT2D eigenvalue weighted by atomic mass is 15.2. The number of hydrogen-bond donors (Lipinski definition) is 1. The van der Waals surface area contributed by atoms with E-state index in [2.05, 4.69) is 48.9 Å². The van der Waals surface area contributed by atoms with Crippen molar-refractivity contribution in [3.63, 3.8) is 0 Å². The molecule has 0 aromatic heterocycles. The molecule has 1 aromatic carbocycles. The Kier molecular flexibility index (Phi) is 4.83. The van der Waals surface area contributed by atoms with Gasteiger partial charge in [-0.05, 0) is 51.4 Å². The van der Waals surface area contributed by atoms with E-state index in [0.29, 0.717) is 6.04 Å². The summed E-state index contributed by atoms with van der Waals surface area (Å²) in [6.45, 7) is 8.87. The number of likely N-dealkylation sites (N-methyl/N-ethyl adjacent to an activating group) is 1. The molecule has 19 heavy (non-hydrogen) atoms. The lowest BCUT2D eigenvalue weighted by Gasteiger charge is -2.32. The minimum atomic E-state index is 0.424. The Hall–Kier alpha value is -1.06. The van der Waals surface area contributed by atoms with Gasteiger partial charge in [0.25, 0.3) is 0 Å². The number of anilines is 1. The minimum Gasteiger partial charge on any atom is -0.373 e. The molecule has 0 spiro atoms. The highest BCUT2D eigenvalue weighted by molar-refractivity contribution is 5.53. The van der Waals surface area contributed by atoms with Crippen molar-refractivity contribution in [3.05, 3.63) is 29.3 Å². The first-order chi connectivity index (χ1) is 9.06. The molecule has 0 bridgehead atoms. The third-order valence-electron chi connectivity index (χ3n) is 4.15. The molecule has 0 radical (unpaired) electrons. The van der Waals surface area contributed by atoms with Crippen molar-refractivity contribution in [2.45, 2.75) is 32.7 Å². The molecule has 2 N–H and O–H groups in total. The standard InChI is InChI=1S/C16H27N3/c1-13-4-5-16(14(2)12-13)18(3)10-11-19-8-6-15(17)7-9-19/h4-5,12,15H,6-11,17H2,1-3H3. The Morgan fingerprint density at radius 1 is 1.26 bits per heavy atom. The molecule has 2 rings (SSSR count). The molecule has 1 saturated heterocycles. The molecule has 3 nitrogen and oxygen atoms in total. The number of rotatable bonds is 4. The van der Waals surface area contributed by atoms with E-state index in [1.807, 2.05) is 0 Å². The van der Waals surface area contributed by atoms with Gasteiger partial charge in [0.05, 0.1) is 0 Å². The second-order valence-electron chi connectivity index (χ2n) is 5.89. The number of nitrogens with two attached hydrogens (primary N) is 1. The van der Waals surface area contributed by atoms with Crippen LogP contribution in [0.25, 0.3) is 0 Å². The van der Waals surface area contributed by atoms with Crippen molar-refractivity contribution in [3.8, 4) is 0 Å². The van der Waals surface area contributed by atoms with Gasteiger partial charge in [0.15, 0.2) is 0 Å². The Morgan fingerprint density at radius 3 is 2.58 bits per heavy atom. The third-order valence-corrected chi connectivity index (χ3v) is 4.15. The molecule has 0 atom stereocenters. The molecule has 1 aliphatic heterocycles. The van der Waals surface area contributed by atoms with Crippen LogP contribution < -0.4 is 10.6 Å². The quantitative estimate of drug-likeness (QED) is 0.901. The summed E-state index contributed by atoms with van der Waals surface area (Å²) < 4.78 is 0. The average Bonchev–Trinajstić information content (AvgIpc) is 2.37. The van der Waals surface area contributed by atoms with E-state index < -0.39 is 0 Å². The van der Waals surface area contributed by atoms with Gasteiger partial charge in [-0.15, -0.1) is 0 Å². The second kappa shape index (κ2) is 6.40. The molecule has 0 aliphatic carbocycles. The molecular weight excluding hydrogens is 234 g/mol. The van der Waals surface area contributed by atoms with Crippen LogP contribution in [0.2, 0.25) is 0 Å². The molecule has 1 aliphatic rings. The summed E-state index contributed by atoms with van der Waals surface area (Å²) in [6, 6.07) is 7.11. The number of likely N-dealkylation sites (tertiary alicyclic amines) is 1. The van der Waals surface area contributed by atoms with E-state index in [-0.39, 0.29) is 0 Å². The fourth-order valence-electron chi connectivity index (χ4n) is 2.82. The first-order valence-electron chi connectivity index (χ1n) is 7.32. The van der Waals surface area contributed by atoms with Crippen LogP contribution in [0.3, 0.4) is 0 Å². The van der Waals surface area contributed by atoms with Gasteiger partial charge in [-0.3, -0.25) is 0 Å². The minimum absolute atomic E-state index is 0.424. The van der Waals surface area contributed by atoms with E-state index in [0.717, 1.165) is 39.0 Å². The SMILES string of the molecule is Cc1ccc(N(C)CCN2CCC(N)CC2)c(C)c1. The van der Waals surface area contributed by atoms with Crippen molar-refractivity contribution in [2.24, 2.45) is 5.73 Å². The highest BCUT2D eigenvalue weighted by Crippen LogP contribution is 2.20. The van der Waals surface area contributed by atoms with Gasteiger partial charge >= 0.3 is 0 Å². The van der Waals surface area contributed by atoms with Crippen LogP contribution in [0.5, 0.6) is 0 Å². The average molecular weight is 261 g/mol. The predicted octanol–water partition coefficient (Wildman–Crippen LogP) is 2.16. The lowest BCUT2D eigenvalue weighted by Crippen LogP contribution is -2.42. The third kappa shape index (κ3) is 3.95. The lowest BCUT2D eigenvalue weighted by atomic mass is 10.1. The van der Waals surface area contributed by atoms with Crippen LogP contribution in [-0.4, -0.2) is 44.2 Å². The van der Waals surface area contributed by atoms with Crippen molar-refractivity contribution in [2.75, 3.05) is 38.1 Å². The zero-order valence-corrected chi connectivity index (χ0v) is 12.5. The highest BCUT2D eigenvalue weighted by Gasteiger charge is 2.16. The van der Waals surface area contributed by atoms with Crippen LogP contribution in [0.1, 0.15) is 24.0 Å². The molecule has 0 saturated carbocycles. The number of nitrogens with zero attached hydrogens (tertiary/aromatic N) is 2. The molecule has 106 valence electrons. The molecule has 1 heterocycles. The molecule has 1 aromatic rings. The van der Waals surface area contributed by atoms with Gasteiger partial charge < -0.3 is 15.5 Å². The molecule has 0 amide bonds. The monoisotopic (exact) mass is 261 g/mol. The van der Waals surface area contributed by atoms with Crippen molar-refractivity contribution >= 4 is 5.69 Å². The Balaban J connectivity index is 1.85. The molecular formula is C16H27N3. The first kappa shape index (κ1) is 14.4. The first-order valence-corrected chi connectivity index (χ1v) is 7.32. The maximum Gasteiger partial charge on any atom is 0.0393 e. The van der Waals surface area contributed by atoms with Crippen LogP contribution in [0.4, 0.5) is 5.69 Å². The maximum atomic E-state index is 5.94. The summed E-state index contributed by atoms with van der Waals surface area (Å²) in [5, 5.41) is 0. The largest absolute Gasteiger partial charge is 0.373 e. The van der Waals surface area contributed by atoms with Crippen molar-refractivity contribution in [1.29, 1.82) is 0 Å². The number of hydrogen-bond acceptors (Lipinski definition) is 3. The van der Waals surface area contributed by atoms with E-state index in [9.17, 15) is 0 Å². The van der Waals surface area contributed by atoms with Gasteiger partial charge in [-0.25, -0.2) is 0 Å². The van der Waals surface area contributed by atoms with Crippen LogP contribution in [-0.2, 0) is 0 Å². The number of benzene rings is 1. The van der Waals surface area contributed by atoms with Gasteiger partial charge in [-0.2, -0.15) is 0 Å². The van der Waals surface area contributed by atoms with Crippen molar-refractivity contribution < 1.29 is 0 Å². The molecule has 0 unspecified atom stereocenters. The summed E-state index contributed by atoms with van der Waals surface area (Å²) in [5.74, 6) is 0. The fourth-order valence-corrected chi connectivity index (χ4v) is 2.82. The van der Waals surface area contributed by atoms with Gasteiger partial charge in [0, 0.05) is 31.9 Å². The zero-order valence-electron chi connectivity index (χ0n) is 12.5. The van der Waals surface area contributed by atoms with Gasteiger partial charge in [0.1, 0.15) is 0 Å². The van der Waals surface area contributed by atoms with E-state index in [4.69, 9.17) is 5.73 Å². The van der Waals surface area contributed by atoms with Crippen LogP contribution >= 0.6 is 0 Å². The summed E-state index contributed by atoms with van der Waals surface area (Å²) in [4.78, 5) is 4.90. The van der Waals surface area contributed by atoms with E-state index in [1.54, 1.807) is 0 Å². The van der Waals surface area contributed by atoms with Crippen LogP contribution in [0.15, 0.2) is 18.2 Å². The van der Waals surface area contributed by atoms with Crippen molar-refractivity contribution in [1.82, 2.24) is 4.90 Å². The number of piperidine rings is 1. The summed E-state index contributed by atoms with van der Waals surface area (Å²) in [7, 11) is 2.19. The van der Waals surface area contributed by atoms with Gasteiger partial charge in [0.2, 0.25) is 0 Å². The van der Waals surface area contributed by atoms with Crippen LogP contribution in [0, 0.1) is 13.8 Å². The van der Waals surface area contributed by atoms with Gasteiger partial charge in [-0.1, -0.05) is 17.7 Å². The molecule has 3 heteroatoms. The summed E-state index contributed by atoms with van der Waals surface area (Å²) >= 11 is 0. The lowest BCUT2D eigenvalue weighted by molar-refractivity contribution is 0.218. The Labute approximate surface area is 117 Å². The number of aryl methyl sites for hydroxylation is 2. The smallest absolute Gasteiger partial charge is 0.0393 e. The predicted molar refractivity (Wildman–Crippen MR) is 82.8 cm³/mol.